The Morgan fingerprint density at radius 3 is 2.13 bits per heavy atom. The number of phenols is 1. The molecule has 2 aromatic carbocycles. The van der Waals surface area contributed by atoms with Gasteiger partial charge in [0.2, 0.25) is 12.5 Å². The lowest BCUT2D eigenvalue weighted by molar-refractivity contribution is -0.152. The van der Waals surface area contributed by atoms with E-state index in [1.54, 1.807) is 24.3 Å². The number of aliphatic hydroxyl groups is 2. The van der Waals surface area contributed by atoms with Gasteiger partial charge >= 0.3 is 5.97 Å². The highest BCUT2D eigenvalue weighted by molar-refractivity contribution is 5.77. The van der Waals surface area contributed by atoms with Gasteiger partial charge in [0.15, 0.2) is 23.0 Å². The van der Waals surface area contributed by atoms with E-state index in [0.717, 1.165) is 0 Å². The average Bonchev–Trinajstić information content (AvgIpc) is 3.25. The second-order valence-electron chi connectivity index (χ2n) is 7.43. The summed E-state index contributed by atoms with van der Waals surface area (Å²) in [5.74, 6) is -1.89. The van der Waals surface area contributed by atoms with Crippen LogP contribution in [0.5, 0.6) is 28.7 Å². The number of ether oxygens (including phenoxy) is 5. The molecule has 2 aliphatic rings. The number of aromatic hydroxyl groups is 1. The summed E-state index contributed by atoms with van der Waals surface area (Å²) in [6.07, 6.45) is -1.13. The summed E-state index contributed by atoms with van der Waals surface area (Å²) >= 11 is 0. The van der Waals surface area contributed by atoms with Crippen molar-refractivity contribution < 1.29 is 43.8 Å². The van der Waals surface area contributed by atoms with Gasteiger partial charge in [-0.15, -0.1) is 0 Å². The van der Waals surface area contributed by atoms with Gasteiger partial charge in [-0.1, -0.05) is 0 Å². The summed E-state index contributed by atoms with van der Waals surface area (Å²) < 4.78 is 26.6. The van der Waals surface area contributed by atoms with Crippen LogP contribution in [0.3, 0.4) is 0 Å². The summed E-state index contributed by atoms with van der Waals surface area (Å²) in [4.78, 5) is 12.9. The van der Waals surface area contributed by atoms with Crippen molar-refractivity contribution in [2.45, 2.75) is 12.0 Å². The summed E-state index contributed by atoms with van der Waals surface area (Å²) in [7, 11) is 4.07. The maximum Gasteiger partial charge on any atom is 0.310 e. The van der Waals surface area contributed by atoms with Gasteiger partial charge < -0.3 is 39.0 Å². The number of aliphatic hydroxyl groups excluding tert-OH is 2. The number of fused-ring (bicyclic) bond motifs is 2. The number of hydrogen-bond acceptors (Lipinski definition) is 9. The number of hydrogen-bond donors (Lipinski definition) is 3. The van der Waals surface area contributed by atoms with Crippen LogP contribution in [0.4, 0.5) is 0 Å². The molecule has 9 heteroatoms. The molecule has 3 N–H and O–H groups in total. The Morgan fingerprint density at radius 1 is 1.03 bits per heavy atom. The highest BCUT2D eigenvalue weighted by Crippen LogP contribution is 2.53. The van der Waals surface area contributed by atoms with Crippen molar-refractivity contribution in [2.24, 2.45) is 11.8 Å². The third-order valence-electron chi connectivity index (χ3n) is 6.00. The molecule has 0 unspecified atom stereocenters. The van der Waals surface area contributed by atoms with Gasteiger partial charge in [0.05, 0.1) is 33.4 Å². The summed E-state index contributed by atoms with van der Waals surface area (Å²) in [5, 5.41) is 31.5. The maximum atomic E-state index is 12.9. The van der Waals surface area contributed by atoms with Crippen LogP contribution in [0.15, 0.2) is 24.3 Å². The first kappa shape index (κ1) is 21.1. The Labute approximate surface area is 178 Å². The highest BCUT2D eigenvalue weighted by Gasteiger charge is 2.48. The summed E-state index contributed by atoms with van der Waals surface area (Å²) in [6, 6.07) is 6.58. The molecule has 2 aromatic rings. The van der Waals surface area contributed by atoms with Gasteiger partial charge in [-0.25, -0.2) is 0 Å². The number of carbonyl (C=O) groups excluding carboxylic acids is 1. The molecule has 0 fully saturated rings. The molecule has 1 heterocycles. The zero-order valence-electron chi connectivity index (χ0n) is 17.3. The van der Waals surface area contributed by atoms with Crippen LogP contribution in [0.2, 0.25) is 0 Å². The van der Waals surface area contributed by atoms with E-state index >= 15 is 0 Å². The molecule has 0 aromatic heterocycles. The third-order valence-corrected chi connectivity index (χ3v) is 6.00. The van der Waals surface area contributed by atoms with E-state index < -0.39 is 36.4 Å². The van der Waals surface area contributed by atoms with Gasteiger partial charge in [-0.2, -0.15) is 0 Å². The average molecular weight is 432 g/mol. The third kappa shape index (κ3) is 3.30. The van der Waals surface area contributed by atoms with Gasteiger partial charge in [0.25, 0.3) is 0 Å². The number of phenolic OH excluding ortho intramolecular Hbond substituents is 1. The number of benzene rings is 2. The molecule has 0 amide bonds. The van der Waals surface area contributed by atoms with Crippen LogP contribution in [0, 0.1) is 11.8 Å². The zero-order chi connectivity index (χ0) is 22.3. The second-order valence-corrected chi connectivity index (χ2v) is 7.43. The Hall–Kier alpha value is -3.17. The molecule has 166 valence electrons. The molecule has 0 saturated heterocycles. The molecule has 0 spiro atoms. The molecule has 1 aliphatic heterocycles. The fourth-order valence-electron chi connectivity index (χ4n) is 4.51. The van der Waals surface area contributed by atoms with Crippen molar-refractivity contribution in [1.82, 2.24) is 0 Å². The first-order chi connectivity index (χ1) is 14.9. The molecule has 0 radical (unpaired) electrons. The molecule has 31 heavy (non-hydrogen) atoms. The molecule has 0 saturated carbocycles. The fraction of sp³-hybridized carbons (Fsp3) is 0.409. The molecule has 4 rings (SSSR count). The topological polar surface area (TPSA) is 124 Å². The molecular weight excluding hydrogens is 408 g/mol. The minimum atomic E-state index is -1.13. The normalized spacial score (nSPS) is 23.8. The Bertz CT molecular complexity index is 978. The van der Waals surface area contributed by atoms with Crippen molar-refractivity contribution in [3.05, 3.63) is 41.0 Å². The Kier molecular flexibility index (Phi) is 5.55. The first-order valence-corrected chi connectivity index (χ1v) is 9.70. The number of methoxy groups -OCH3 is 3. The standard InChI is InChI=1S/C22H24O9/c1-27-16-4-10(5-17(28-2)21(16)25)18-11-6-14-15(31-9-30-14)7-12(11)20(24)13(8-23)19(18)22(26)29-3/h4-7,13,18-20,23-25H,8-9H2,1-3H3/t13-,18+,19-,20-/m0/s1. The van der Waals surface area contributed by atoms with Crippen LogP contribution >= 0.6 is 0 Å². The fourth-order valence-corrected chi connectivity index (χ4v) is 4.51. The highest BCUT2D eigenvalue weighted by atomic mass is 16.7. The van der Waals surface area contributed by atoms with E-state index in [0.29, 0.717) is 28.2 Å². The molecule has 1 aliphatic carbocycles. The largest absolute Gasteiger partial charge is 0.502 e. The Morgan fingerprint density at radius 2 is 1.61 bits per heavy atom. The van der Waals surface area contributed by atoms with E-state index in [-0.39, 0.29) is 24.0 Å². The van der Waals surface area contributed by atoms with E-state index in [4.69, 9.17) is 23.7 Å². The quantitative estimate of drug-likeness (QED) is 0.606. The van der Waals surface area contributed by atoms with Gasteiger partial charge in [-0.3, -0.25) is 4.79 Å². The number of rotatable bonds is 5. The molecular formula is C22H24O9. The van der Waals surface area contributed by atoms with E-state index in [9.17, 15) is 20.1 Å². The van der Waals surface area contributed by atoms with Gasteiger partial charge in [0, 0.05) is 18.4 Å². The maximum absolute atomic E-state index is 12.9. The van der Waals surface area contributed by atoms with E-state index in [1.807, 2.05) is 0 Å². The lowest BCUT2D eigenvalue weighted by Gasteiger charge is -2.40. The zero-order valence-corrected chi connectivity index (χ0v) is 17.3. The van der Waals surface area contributed by atoms with Crippen LogP contribution in [-0.2, 0) is 9.53 Å². The van der Waals surface area contributed by atoms with E-state index in [2.05, 4.69) is 0 Å². The molecule has 4 atom stereocenters. The monoisotopic (exact) mass is 432 g/mol. The number of carbonyl (C=O) groups is 1. The van der Waals surface area contributed by atoms with Crippen LogP contribution < -0.4 is 18.9 Å². The predicted molar refractivity (Wildman–Crippen MR) is 107 cm³/mol. The van der Waals surface area contributed by atoms with Crippen molar-refractivity contribution >= 4 is 5.97 Å². The van der Waals surface area contributed by atoms with Gasteiger partial charge in [0.1, 0.15) is 0 Å². The van der Waals surface area contributed by atoms with Crippen molar-refractivity contribution in [3.63, 3.8) is 0 Å². The first-order valence-electron chi connectivity index (χ1n) is 9.70. The SMILES string of the molecule is COC(=O)[C@@H]1[C@H](c2cc(OC)c(O)c(OC)c2)c2cc3c(cc2[C@H](O)[C@H]1CO)OCO3. The summed E-state index contributed by atoms with van der Waals surface area (Å²) in [6.45, 7) is -0.401. The van der Waals surface area contributed by atoms with Gasteiger partial charge in [-0.05, 0) is 41.0 Å². The van der Waals surface area contributed by atoms with Crippen molar-refractivity contribution in [2.75, 3.05) is 34.7 Å². The number of esters is 1. The lowest BCUT2D eigenvalue weighted by atomic mass is 9.65. The van der Waals surface area contributed by atoms with Crippen LogP contribution in [-0.4, -0.2) is 56.0 Å². The predicted octanol–water partition coefficient (Wildman–Crippen LogP) is 1.71. The van der Waals surface area contributed by atoms with Crippen LogP contribution in [0.1, 0.15) is 28.7 Å². The van der Waals surface area contributed by atoms with Crippen molar-refractivity contribution in [3.8, 4) is 28.7 Å². The molecule has 0 bridgehead atoms. The smallest absolute Gasteiger partial charge is 0.310 e. The Balaban J connectivity index is 1.99. The van der Waals surface area contributed by atoms with Crippen molar-refractivity contribution in [1.29, 1.82) is 0 Å². The minimum absolute atomic E-state index is 0.0453. The van der Waals surface area contributed by atoms with E-state index in [1.165, 1.54) is 21.3 Å². The van der Waals surface area contributed by atoms with Crippen LogP contribution in [0.25, 0.3) is 0 Å². The summed E-state index contributed by atoms with van der Waals surface area (Å²) in [5.41, 5.74) is 1.71. The minimum Gasteiger partial charge on any atom is -0.502 e. The lowest BCUT2D eigenvalue weighted by Crippen LogP contribution is -2.41. The second kappa shape index (κ2) is 8.16. The molecule has 9 nitrogen and oxygen atoms in total.